The average Bonchev–Trinajstić information content (AvgIpc) is 3.12. The van der Waals surface area contributed by atoms with Crippen molar-refractivity contribution in [2.24, 2.45) is 0 Å². The number of unbranched alkanes of at least 4 members (excludes halogenated alkanes) is 32. The summed E-state index contributed by atoms with van der Waals surface area (Å²) in [7, 11) is 0. The third-order valence-electron chi connectivity index (χ3n) is 10.9. The van der Waals surface area contributed by atoms with E-state index in [0.717, 1.165) is 0 Å². The van der Waals surface area contributed by atoms with E-state index >= 15 is 0 Å². The first-order valence-electron chi connectivity index (χ1n) is 22.8. The van der Waals surface area contributed by atoms with Crippen molar-refractivity contribution in [3.05, 3.63) is 42.0 Å². The van der Waals surface area contributed by atoms with Crippen LogP contribution in [0.3, 0.4) is 0 Å². The molecule has 0 fully saturated rings. The van der Waals surface area contributed by atoms with Gasteiger partial charge in [0.15, 0.2) is 0 Å². The van der Waals surface area contributed by atoms with Crippen molar-refractivity contribution in [1.29, 1.82) is 0 Å². The summed E-state index contributed by atoms with van der Waals surface area (Å²) in [5, 5.41) is 0. The van der Waals surface area contributed by atoms with Gasteiger partial charge in [0.1, 0.15) is 0 Å². The van der Waals surface area contributed by atoms with E-state index in [-0.39, 0.29) is 0 Å². The Labute approximate surface area is 310 Å². The minimum Gasteiger partial charge on any atom is -0.303 e. The molecule has 0 N–H and O–H groups in total. The van der Waals surface area contributed by atoms with E-state index in [1.54, 1.807) is 0 Å². The highest BCUT2D eigenvalue weighted by molar-refractivity contribution is 5.48. The zero-order chi connectivity index (χ0) is 35.0. The highest BCUT2D eigenvalue weighted by atomic mass is 15.1. The van der Waals surface area contributed by atoms with Crippen LogP contribution < -0.4 is 0 Å². The van der Waals surface area contributed by atoms with E-state index in [2.05, 4.69) is 61.2 Å². The standard InChI is InChI=1S/C48H89N/c1-3-5-7-9-11-13-15-17-19-21-23-25-27-29-32-39-45-49(47-41-34-31-36-42-48-43-37-35-38-44-48)46-40-33-30-28-26-24-22-20-18-16-14-12-10-8-6-4-2/h35-38,42-44H,3-34,39-41,45-47H2,1-2H3. The molecule has 0 saturated heterocycles. The van der Waals surface area contributed by atoms with Gasteiger partial charge >= 0.3 is 0 Å². The van der Waals surface area contributed by atoms with Crippen LogP contribution in [0.2, 0.25) is 0 Å². The van der Waals surface area contributed by atoms with Gasteiger partial charge in [-0.1, -0.05) is 249 Å². The molecule has 0 aromatic heterocycles. The fourth-order valence-electron chi connectivity index (χ4n) is 7.48. The Morgan fingerprint density at radius 3 is 0.959 bits per heavy atom. The zero-order valence-electron chi connectivity index (χ0n) is 33.9. The second-order valence-electron chi connectivity index (χ2n) is 15.8. The van der Waals surface area contributed by atoms with Crippen molar-refractivity contribution in [1.82, 2.24) is 4.90 Å². The van der Waals surface area contributed by atoms with Crippen LogP contribution in [0.4, 0.5) is 0 Å². The van der Waals surface area contributed by atoms with Gasteiger partial charge in [-0.05, 0) is 57.3 Å². The fourth-order valence-corrected chi connectivity index (χ4v) is 7.48. The van der Waals surface area contributed by atoms with Gasteiger partial charge in [-0.15, -0.1) is 0 Å². The first-order valence-corrected chi connectivity index (χ1v) is 22.8. The number of benzene rings is 1. The van der Waals surface area contributed by atoms with Gasteiger partial charge in [-0.2, -0.15) is 0 Å². The van der Waals surface area contributed by atoms with Crippen LogP contribution in [0.5, 0.6) is 0 Å². The summed E-state index contributed by atoms with van der Waals surface area (Å²) in [6.07, 6.45) is 55.1. The molecule has 0 bridgehead atoms. The number of rotatable bonds is 40. The molecule has 1 aromatic carbocycles. The largest absolute Gasteiger partial charge is 0.303 e. The molecule has 0 heterocycles. The van der Waals surface area contributed by atoms with Gasteiger partial charge in [-0.3, -0.25) is 0 Å². The summed E-state index contributed by atoms with van der Waals surface area (Å²) in [6, 6.07) is 10.8. The topological polar surface area (TPSA) is 3.24 Å². The second kappa shape index (κ2) is 39.7. The number of allylic oxidation sites excluding steroid dienone is 1. The minimum atomic E-state index is 1.21. The molecule has 0 aliphatic carbocycles. The van der Waals surface area contributed by atoms with Crippen molar-refractivity contribution in [3.8, 4) is 0 Å². The molecule has 1 aromatic rings. The molecule has 286 valence electrons. The van der Waals surface area contributed by atoms with Gasteiger partial charge in [0, 0.05) is 0 Å². The molecule has 0 aliphatic heterocycles. The van der Waals surface area contributed by atoms with Gasteiger partial charge in [0.2, 0.25) is 0 Å². The second-order valence-corrected chi connectivity index (χ2v) is 15.8. The molecule has 1 nitrogen and oxygen atoms in total. The Bertz CT molecular complexity index is 718. The van der Waals surface area contributed by atoms with Crippen LogP contribution in [0, 0.1) is 0 Å². The maximum Gasteiger partial charge on any atom is -0.00186 e. The van der Waals surface area contributed by atoms with Crippen molar-refractivity contribution < 1.29 is 0 Å². The summed E-state index contributed by atoms with van der Waals surface area (Å²) < 4.78 is 0. The Morgan fingerprint density at radius 1 is 0.347 bits per heavy atom. The van der Waals surface area contributed by atoms with Crippen molar-refractivity contribution >= 4 is 6.08 Å². The first kappa shape index (κ1) is 45.9. The molecule has 0 spiro atoms. The van der Waals surface area contributed by atoms with Gasteiger partial charge in [-0.25, -0.2) is 0 Å². The smallest absolute Gasteiger partial charge is 0.00186 e. The molecule has 0 aliphatic rings. The fraction of sp³-hybridized carbons (Fsp3) is 0.833. The number of nitrogens with zero attached hydrogens (tertiary/aromatic N) is 1. The van der Waals surface area contributed by atoms with Crippen molar-refractivity contribution in [2.75, 3.05) is 19.6 Å². The van der Waals surface area contributed by atoms with Gasteiger partial charge in [0.25, 0.3) is 0 Å². The third kappa shape index (κ3) is 35.1. The lowest BCUT2D eigenvalue weighted by molar-refractivity contribution is 0.255. The molecule has 0 unspecified atom stereocenters. The van der Waals surface area contributed by atoms with Crippen LogP contribution in [-0.2, 0) is 0 Å². The number of hydrogen-bond acceptors (Lipinski definition) is 1. The van der Waals surface area contributed by atoms with E-state index in [9.17, 15) is 0 Å². The summed E-state index contributed by atoms with van der Waals surface area (Å²) in [6.45, 7) is 8.59. The highest BCUT2D eigenvalue weighted by Crippen LogP contribution is 2.16. The van der Waals surface area contributed by atoms with Crippen LogP contribution in [0.1, 0.15) is 244 Å². The van der Waals surface area contributed by atoms with Crippen molar-refractivity contribution in [2.45, 2.75) is 239 Å². The van der Waals surface area contributed by atoms with E-state index in [0.29, 0.717) is 0 Å². The molecule has 1 rings (SSSR count). The molecule has 0 radical (unpaired) electrons. The summed E-state index contributed by atoms with van der Waals surface area (Å²) >= 11 is 0. The van der Waals surface area contributed by atoms with Crippen LogP contribution in [0.25, 0.3) is 6.08 Å². The Hall–Kier alpha value is -1.08. The Balaban J connectivity index is 2.08. The molecule has 1 heteroatoms. The molecular formula is C48H89N. The monoisotopic (exact) mass is 680 g/mol. The van der Waals surface area contributed by atoms with Crippen LogP contribution in [0.15, 0.2) is 36.4 Å². The Kier molecular flexibility index (Phi) is 37.2. The molecule has 0 atom stereocenters. The van der Waals surface area contributed by atoms with E-state index in [1.165, 1.54) is 250 Å². The quantitative estimate of drug-likeness (QED) is 0.0624. The molecule has 0 saturated carbocycles. The van der Waals surface area contributed by atoms with Gasteiger partial charge < -0.3 is 4.90 Å². The molecule has 49 heavy (non-hydrogen) atoms. The van der Waals surface area contributed by atoms with E-state index in [1.807, 2.05) is 0 Å². The maximum atomic E-state index is 2.83. The molecular weight excluding hydrogens is 591 g/mol. The lowest BCUT2D eigenvalue weighted by Gasteiger charge is -2.22. The van der Waals surface area contributed by atoms with Crippen LogP contribution >= 0.6 is 0 Å². The summed E-state index contributed by atoms with van der Waals surface area (Å²) in [5.41, 5.74) is 1.33. The first-order chi connectivity index (χ1) is 24.4. The number of hydrogen-bond donors (Lipinski definition) is 0. The van der Waals surface area contributed by atoms with Crippen LogP contribution in [-0.4, -0.2) is 24.5 Å². The zero-order valence-corrected chi connectivity index (χ0v) is 33.9. The molecule has 0 amide bonds. The SMILES string of the molecule is CCCCCCCCCCCCCCCCCCN(CCCCC=Cc1ccccc1)CCCCCCCCCCCCCCCCCC. The Morgan fingerprint density at radius 2 is 0.633 bits per heavy atom. The highest BCUT2D eigenvalue weighted by Gasteiger charge is 2.05. The lowest BCUT2D eigenvalue weighted by atomic mass is 10.0. The third-order valence-corrected chi connectivity index (χ3v) is 10.9. The van der Waals surface area contributed by atoms with Crippen molar-refractivity contribution in [3.63, 3.8) is 0 Å². The predicted molar refractivity (Wildman–Crippen MR) is 225 cm³/mol. The van der Waals surface area contributed by atoms with Gasteiger partial charge in [0.05, 0.1) is 0 Å². The maximum absolute atomic E-state index is 2.83. The minimum absolute atomic E-state index is 1.21. The predicted octanol–water partition coefficient (Wildman–Crippen LogP) is 16.7. The summed E-state index contributed by atoms with van der Waals surface area (Å²) in [4.78, 5) is 2.83. The normalized spacial score (nSPS) is 11.8. The lowest BCUT2D eigenvalue weighted by Crippen LogP contribution is -2.27. The summed E-state index contributed by atoms with van der Waals surface area (Å²) in [5.74, 6) is 0. The van der Waals surface area contributed by atoms with E-state index < -0.39 is 0 Å². The average molecular weight is 680 g/mol. The van der Waals surface area contributed by atoms with E-state index in [4.69, 9.17) is 0 Å².